The number of hydrogen-bond donors (Lipinski definition) is 2. The van der Waals surface area contributed by atoms with E-state index < -0.39 is 6.09 Å². The number of nitrogens with zero attached hydrogens (tertiary/aromatic N) is 1. The first-order valence-corrected chi connectivity index (χ1v) is 12.2. The second-order valence-electron chi connectivity index (χ2n) is 3.29. The summed E-state index contributed by atoms with van der Waals surface area (Å²) in [6, 6.07) is 0. The molecule has 1 amide bonds. The Morgan fingerprint density at radius 3 is 2.74 bits per heavy atom. The summed E-state index contributed by atoms with van der Waals surface area (Å²) >= 11 is 7.86. The van der Waals surface area contributed by atoms with Crippen molar-refractivity contribution in [2.24, 2.45) is 4.99 Å². The smallest absolute Gasteiger partial charge is 0.408 e. The zero-order valence-corrected chi connectivity index (χ0v) is 16.9. The maximum atomic E-state index is 11.3. The molecule has 0 bridgehead atoms. The van der Waals surface area contributed by atoms with Crippen molar-refractivity contribution >= 4 is 71.3 Å². The summed E-state index contributed by atoms with van der Waals surface area (Å²) in [6.07, 6.45) is 0.883. The van der Waals surface area contributed by atoms with E-state index in [1.165, 1.54) is 29.9 Å². The highest BCUT2D eigenvalue weighted by molar-refractivity contribution is 8.22. The topological polar surface area (TPSA) is 89.4 Å². The molecule has 0 aromatic heterocycles. The van der Waals surface area contributed by atoms with Gasteiger partial charge in [0, 0.05) is 15.3 Å². The van der Waals surface area contributed by atoms with Gasteiger partial charge in [0.15, 0.2) is 0 Å². The fourth-order valence-electron chi connectivity index (χ4n) is 0.829. The summed E-state index contributed by atoms with van der Waals surface area (Å²) in [4.78, 5) is 24.6. The molecule has 0 fully saturated rings. The lowest BCUT2D eigenvalue weighted by Crippen LogP contribution is -2.23. The van der Waals surface area contributed by atoms with Gasteiger partial charge in [-0.2, -0.15) is 4.89 Å². The van der Waals surface area contributed by atoms with Crippen LogP contribution in [-0.2, 0) is 14.5 Å². The van der Waals surface area contributed by atoms with Crippen molar-refractivity contribution in [1.82, 2.24) is 5.32 Å². The highest BCUT2D eigenvalue weighted by atomic mass is 32.2. The SMILES string of the molecule is CCOO/C=N/CSCSCSCNC(=O)OCSCSCO. The Morgan fingerprint density at radius 1 is 1.17 bits per heavy atom. The van der Waals surface area contributed by atoms with E-state index in [-0.39, 0.29) is 5.94 Å². The number of rotatable bonds is 16. The van der Waals surface area contributed by atoms with Gasteiger partial charge in [-0.1, -0.05) is 0 Å². The van der Waals surface area contributed by atoms with Crippen LogP contribution in [0.4, 0.5) is 4.79 Å². The van der Waals surface area contributed by atoms with Gasteiger partial charge < -0.3 is 20.0 Å². The van der Waals surface area contributed by atoms with E-state index in [1.54, 1.807) is 35.3 Å². The van der Waals surface area contributed by atoms with Gasteiger partial charge in [-0.3, -0.25) is 0 Å². The molecule has 0 aliphatic carbocycles. The van der Waals surface area contributed by atoms with Crippen molar-refractivity contribution < 1.29 is 24.4 Å². The summed E-state index contributed by atoms with van der Waals surface area (Å²) < 4.78 is 4.94. The van der Waals surface area contributed by atoms with Gasteiger partial charge in [0.05, 0.1) is 24.3 Å². The second-order valence-corrected chi connectivity index (χ2v) is 9.20. The predicted octanol–water partition coefficient (Wildman–Crippen LogP) is 3.07. The second kappa shape index (κ2) is 20.5. The van der Waals surface area contributed by atoms with E-state index in [9.17, 15) is 4.79 Å². The monoisotopic (exact) mass is 422 g/mol. The van der Waals surface area contributed by atoms with Crippen molar-refractivity contribution in [3.8, 4) is 0 Å². The Kier molecular flexibility index (Phi) is 20.8. The minimum atomic E-state index is -0.415. The zero-order chi connectivity index (χ0) is 17.0. The first-order chi connectivity index (χ1) is 11.3. The molecule has 0 heterocycles. The average Bonchev–Trinajstić information content (AvgIpc) is 2.55. The molecular weight excluding hydrogens is 400 g/mol. The quantitative estimate of drug-likeness (QED) is 0.0965. The van der Waals surface area contributed by atoms with Crippen molar-refractivity contribution in [3.63, 3.8) is 0 Å². The van der Waals surface area contributed by atoms with Gasteiger partial charge in [0.2, 0.25) is 6.40 Å². The van der Waals surface area contributed by atoms with Gasteiger partial charge >= 0.3 is 6.09 Å². The van der Waals surface area contributed by atoms with Gasteiger partial charge in [-0.05, 0) is 6.92 Å². The number of nitrogens with one attached hydrogen (secondary N) is 1. The number of aliphatic hydroxyl groups excluding tert-OH is 1. The summed E-state index contributed by atoms with van der Waals surface area (Å²) in [5.41, 5.74) is 0. The van der Waals surface area contributed by atoms with Crippen LogP contribution >= 0.6 is 58.8 Å². The molecule has 2 N–H and O–H groups in total. The zero-order valence-electron chi connectivity index (χ0n) is 12.8. The standard InChI is InChI=1S/C11H22N2O5S5/c1-2-17-18-3-12-4-19-8-23-9-20-5-13-11(15)16-7-22-10-21-6-14/h3,14H,2,4-10H2,1H3,(H,13,15)/b12-3+. The number of aliphatic imine (C=N–C) groups is 1. The van der Waals surface area contributed by atoms with Crippen molar-refractivity contribution in [2.45, 2.75) is 6.92 Å². The molecule has 0 aliphatic rings. The number of alkyl carbamates (subject to hydrolysis) is 1. The van der Waals surface area contributed by atoms with Crippen LogP contribution in [0.1, 0.15) is 6.92 Å². The predicted molar refractivity (Wildman–Crippen MR) is 105 cm³/mol. The van der Waals surface area contributed by atoms with Crippen LogP contribution < -0.4 is 5.32 Å². The van der Waals surface area contributed by atoms with E-state index in [4.69, 9.17) is 9.84 Å². The Labute approximate surface area is 158 Å². The molecule has 7 nitrogen and oxygen atoms in total. The number of hydrogen-bond acceptors (Lipinski definition) is 11. The number of aliphatic hydroxyl groups is 1. The summed E-state index contributed by atoms with van der Waals surface area (Å²) in [5.74, 6) is 1.52. The van der Waals surface area contributed by atoms with Gasteiger partial charge in [0.1, 0.15) is 5.94 Å². The molecule has 0 spiro atoms. The van der Waals surface area contributed by atoms with Crippen LogP contribution in [0.25, 0.3) is 0 Å². The molecule has 0 saturated heterocycles. The molecule has 0 unspecified atom stereocenters. The van der Waals surface area contributed by atoms with Crippen LogP contribution in [0.3, 0.4) is 0 Å². The lowest BCUT2D eigenvalue weighted by molar-refractivity contribution is -0.211. The molecule has 0 rings (SSSR count). The number of carbonyl (C=O) groups excluding carboxylic acids is 1. The minimum absolute atomic E-state index is 0.0825. The summed E-state index contributed by atoms with van der Waals surface area (Å²) in [5, 5.41) is 13.7. The lowest BCUT2D eigenvalue weighted by atomic mass is 10.9. The molecule has 136 valence electrons. The molecule has 0 radical (unpaired) electrons. The van der Waals surface area contributed by atoms with E-state index in [0.717, 1.165) is 10.2 Å². The van der Waals surface area contributed by atoms with Gasteiger partial charge in [-0.15, -0.1) is 58.8 Å². The molecule has 0 atom stereocenters. The van der Waals surface area contributed by atoms with E-state index in [0.29, 0.717) is 29.4 Å². The van der Waals surface area contributed by atoms with Crippen LogP contribution in [0.2, 0.25) is 0 Å². The van der Waals surface area contributed by atoms with Crippen LogP contribution in [-0.4, -0.2) is 63.1 Å². The summed E-state index contributed by atoms with van der Waals surface area (Å²) in [7, 11) is 0. The Balaban J connectivity index is 3.17. The number of ether oxygens (including phenoxy) is 1. The third kappa shape index (κ3) is 20.4. The molecule has 0 aromatic carbocycles. The normalized spacial score (nSPS) is 10.9. The van der Waals surface area contributed by atoms with E-state index in [2.05, 4.69) is 20.1 Å². The van der Waals surface area contributed by atoms with Gasteiger partial charge in [-0.25, -0.2) is 9.79 Å². The van der Waals surface area contributed by atoms with Crippen LogP contribution in [0, 0.1) is 0 Å². The highest BCUT2D eigenvalue weighted by Crippen LogP contribution is 2.17. The fourth-order valence-corrected chi connectivity index (χ4v) is 4.91. The third-order valence-electron chi connectivity index (χ3n) is 1.65. The average molecular weight is 423 g/mol. The van der Waals surface area contributed by atoms with Crippen molar-refractivity contribution in [3.05, 3.63) is 0 Å². The third-order valence-corrected chi connectivity index (χ3v) is 6.80. The van der Waals surface area contributed by atoms with E-state index in [1.807, 2.05) is 6.92 Å². The number of amides is 1. The fraction of sp³-hybridized carbons (Fsp3) is 0.818. The van der Waals surface area contributed by atoms with Crippen LogP contribution in [0.5, 0.6) is 0 Å². The highest BCUT2D eigenvalue weighted by Gasteiger charge is 2.00. The number of carbonyl (C=O) groups is 1. The van der Waals surface area contributed by atoms with Crippen LogP contribution in [0.15, 0.2) is 4.99 Å². The number of thioether (sulfide) groups is 5. The van der Waals surface area contributed by atoms with Gasteiger partial charge in [0.25, 0.3) is 0 Å². The molecule has 0 aromatic rings. The molecule has 0 saturated carbocycles. The maximum absolute atomic E-state index is 11.3. The first-order valence-electron chi connectivity index (χ1n) is 6.48. The Bertz CT molecular complexity index is 302. The molecule has 0 aliphatic heterocycles. The molecule has 12 heteroatoms. The van der Waals surface area contributed by atoms with E-state index >= 15 is 0 Å². The van der Waals surface area contributed by atoms with Crippen molar-refractivity contribution in [2.75, 3.05) is 45.5 Å². The Morgan fingerprint density at radius 2 is 1.96 bits per heavy atom. The van der Waals surface area contributed by atoms with Crippen molar-refractivity contribution in [1.29, 1.82) is 0 Å². The summed E-state index contributed by atoms with van der Waals surface area (Å²) in [6.45, 7) is 2.33. The largest absolute Gasteiger partial charge is 0.438 e. The Hall–Kier alpha value is 0.410. The minimum Gasteiger partial charge on any atom is -0.438 e. The molecular formula is C11H22N2O5S5. The maximum Gasteiger partial charge on any atom is 0.408 e. The lowest BCUT2D eigenvalue weighted by Gasteiger charge is -2.06. The first kappa shape index (κ1) is 23.4. The molecule has 23 heavy (non-hydrogen) atoms.